The van der Waals surface area contributed by atoms with Gasteiger partial charge in [-0.3, -0.25) is 0 Å². The smallest absolute Gasteiger partial charge is 0.129 e. The monoisotopic (exact) mass is 132 g/mol. The molecule has 2 nitrogen and oxygen atoms in total. The molecule has 1 fully saturated rings. The highest BCUT2D eigenvalue weighted by Crippen LogP contribution is 2.09. The number of likely N-dealkylation sites (N-methyl/N-ethyl adjacent to an activating group) is 2. The number of likely N-dealkylation sites (tertiary alicyclic amines) is 1. The first kappa shape index (κ1) is 6.96. The largest absolute Gasteiger partial charge is 0.313 e. The Morgan fingerprint density at radius 2 is 2.22 bits per heavy atom. The van der Waals surface area contributed by atoms with E-state index in [9.17, 15) is 4.39 Å². The topological polar surface area (TPSA) is 15.3 Å². The van der Waals surface area contributed by atoms with Crippen molar-refractivity contribution in [3.63, 3.8) is 0 Å². The van der Waals surface area contributed by atoms with Gasteiger partial charge in [0.1, 0.15) is 6.17 Å². The molecule has 0 saturated carbocycles. The first-order valence-electron chi connectivity index (χ1n) is 3.24. The van der Waals surface area contributed by atoms with Gasteiger partial charge in [0.25, 0.3) is 0 Å². The van der Waals surface area contributed by atoms with Gasteiger partial charge in [0.15, 0.2) is 0 Å². The van der Waals surface area contributed by atoms with Crippen LogP contribution in [0.1, 0.15) is 0 Å². The molecule has 54 valence electrons. The van der Waals surface area contributed by atoms with Crippen LogP contribution in [-0.4, -0.2) is 44.3 Å². The number of nitrogens with zero attached hydrogens (tertiary/aromatic N) is 1. The Labute approximate surface area is 55.0 Å². The summed E-state index contributed by atoms with van der Waals surface area (Å²) >= 11 is 0. The van der Waals surface area contributed by atoms with Crippen molar-refractivity contribution in [1.82, 2.24) is 10.2 Å². The molecule has 1 aliphatic heterocycles. The molecule has 0 unspecified atom stereocenters. The number of nitrogens with one attached hydrogen (secondary N) is 1. The number of hydrogen-bond donors (Lipinski definition) is 1. The van der Waals surface area contributed by atoms with Gasteiger partial charge in [0.2, 0.25) is 0 Å². The number of rotatable bonds is 1. The van der Waals surface area contributed by atoms with E-state index in [1.807, 2.05) is 11.9 Å². The van der Waals surface area contributed by atoms with Gasteiger partial charge in [-0.1, -0.05) is 0 Å². The molecule has 0 aromatic rings. The number of hydrogen-bond acceptors (Lipinski definition) is 2. The van der Waals surface area contributed by atoms with Gasteiger partial charge in [0.05, 0.1) is 6.04 Å². The highest BCUT2D eigenvalue weighted by atomic mass is 19.1. The Kier molecular flexibility index (Phi) is 2.03. The van der Waals surface area contributed by atoms with E-state index in [-0.39, 0.29) is 6.04 Å². The summed E-state index contributed by atoms with van der Waals surface area (Å²) in [6, 6.07) is 0.0509. The number of halogens is 1. The fraction of sp³-hybridized carbons (Fsp3) is 1.00. The standard InChI is InChI=1S/C6H13FN2/c1-8-6-4-9(2)3-5(6)7/h5-6,8H,3-4H2,1-2H3/t5-,6-/m0/s1. The van der Waals surface area contributed by atoms with Crippen molar-refractivity contribution in [3.05, 3.63) is 0 Å². The van der Waals surface area contributed by atoms with E-state index in [0.717, 1.165) is 6.54 Å². The van der Waals surface area contributed by atoms with Crippen molar-refractivity contribution < 1.29 is 4.39 Å². The van der Waals surface area contributed by atoms with E-state index < -0.39 is 6.17 Å². The van der Waals surface area contributed by atoms with Gasteiger partial charge in [-0.2, -0.15) is 0 Å². The van der Waals surface area contributed by atoms with Gasteiger partial charge in [-0.15, -0.1) is 0 Å². The second kappa shape index (κ2) is 2.62. The third kappa shape index (κ3) is 1.40. The SMILES string of the molecule is CN[C@H]1CN(C)C[C@@H]1F. The summed E-state index contributed by atoms with van der Waals surface area (Å²) in [6.45, 7) is 1.41. The summed E-state index contributed by atoms with van der Waals surface area (Å²) in [4.78, 5) is 1.99. The molecule has 0 bridgehead atoms. The summed E-state index contributed by atoms with van der Waals surface area (Å²) in [6.07, 6.45) is -0.681. The second-order valence-corrected chi connectivity index (χ2v) is 2.63. The van der Waals surface area contributed by atoms with Crippen molar-refractivity contribution in [3.8, 4) is 0 Å². The number of alkyl halides is 1. The Bertz CT molecular complexity index is 97.1. The van der Waals surface area contributed by atoms with Crippen molar-refractivity contribution >= 4 is 0 Å². The molecular weight excluding hydrogens is 119 g/mol. The molecule has 1 aliphatic rings. The van der Waals surface area contributed by atoms with E-state index in [2.05, 4.69) is 5.32 Å². The van der Waals surface area contributed by atoms with Crippen LogP contribution in [0, 0.1) is 0 Å². The molecule has 1 heterocycles. The molecule has 0 aromatic heterocycles. The quantitative estimate of drug-likeness (QED) is 0.534. The van der Waals surface area contributed by atoms with Gasteiger partial charge >= 0.3 is 0 Å². The highest BCUT2D eigenvalue weighted by Gasteiger charge is 2.28. The van der Waals surface area contributed by atoms with Crippen LogP contribution in [0.4, 0.5) is 4.39 Å². The lowest BCUT2D eigenvalue weighted by Crippen LogP contribution is -2.33. The van der Waals surface area contributed by atoms with Gasteiger partial charge in [-0.05, 0) is 14.1 Å². The maximum atomic E-state index is 12.7. The molecule has 2 atom stereocenters. The van der Waals surface area contributed by atoms with Crippen LogP contribution in [0.25, 0.3) is 0 Å². The molecule has 0 aliphatic carbocycles. The van der Waals surface area contributed by atoms with Crippen molar-refractivity contribution in [2.24, 2.45) is 0 Å². The van der Waals surface area contributed by atoms with Crippen LogP contribution in [0.5, 0.6) is 0 Å². The highest BCUT2D eigenvalue weighted by molar-refractivity contribution is 4.86. The molecule has 1 rings (SSSR count). The molecule has 9 heavy (non-hydrogen) atoms. The summed E-state index contributed by atoms with van der Waals surface area (Å²) < 4.78 is 12.7. The zero-order valence-corrected chi connectivity index (χ0v) is 5.89. The maximum Gasteiger partial charge on any atom is 0.129 e. The van der Waals surface area contributed by atoms with Crippen LogP contribution >= 0.6 is 0 Å². The molecule has 0 radical (unpaired) electrons. The Hall–Kier alpha value is -0.150. The van der Waals surface area contributed by atoms with Gasteiger partial charge in [0, 0.05) is 13.1 Å². The molecule has 0 aromatic carbocycles. The van der Waals surface area contributed by atoms with Crippen molar-refractivity contribution in [2.45, 2.75) is 12.2 Å². The van der Waals surface area contributed by atoms with Crippen LogP contribution in [-0.2, 0) is 0 Å². The molecule has 3 heteroatoms. The van der Waals surface area contributed by atoms with E-state index >= 15 is 0 Å². The lowest BCUT2D eigenvalue weighted by molar-refractivity contribution is 0.297. The summed E-state index contributed by atoms with van der Waals surface area (Å²) in [7, 11) is 3.74. The van der Waals surface area contributed by atoms with Crippen molar-refractivity contribution in [2.75, 3.05) is 27.2 Å². The van der Waals surface area contributed by atoms with E-state index in [0.29, 0.717) is 6.54 Å². The molecule has 1 N–H and O–H groups in total. The van der Waals surface area contributed by atoms with Gasteiger partial charge < -0.3 is 10.2 Å². The first-order chi connectivity index (χ1) is 4.24. The zero-order chi connectivity index (χ0) is 6.85. The summed E-state index contributed by atoms with van der Waals surface area (Å²) in [5, 5.41) is 2.93. The van der Waals surface area contributed by atoms with Crippen LogP contribution in [0.3, 0.4) is 0 Å². The third-order valence-electron chi connectivity index (χ3n) is 1.80. The summed E-state index contributed by atoms with van der Waals surface area (Å²) in [5.41, 5.74) is 0. The predicted octanol–water partition coefficient (Wildman–Crippen LogP) is -0.142. The molecular formula is C6H13FN2. The first-order valence-corrected chi connectivity index (χ1v) is 3.24. The Morgan fingerprint density at radius 1 is 1.56 bits per heavy atom. The van der Waals surface area contributed by atoms with Crippen molar-refractivity contribution in [1.29, 1.82) is 0 Å². The Morgan fingerprint density at radius 3 is 2.44 bits per heavy atom. The van der Waals surface area contributed by atoms with E-state index in [1.54, 1.807) is 7.05 Å². The van der Waals surface area contributed by atoms with Crippen LogP contribution < -0.4 is 5.32 Å². The molecule has 0 spiro atoms. The molecule has 1 saturated heterocycles. The van der Waals surface area contributed by atoms with E-state index in [1.165, 1.54) is 0 Å². The third-order valence-corrected chi connectivity index (χ3v) is 1.80. The molecule has 0 amide bonds. The fourth-order valence-corrected chi connectivity index (χ4v) is 1.22. The minimum atomic E-state index is -0.681. The second-order valence-electron chi connectivity index (χ2n) is 2.63. The lowest BCUT2D eigenvalue weighted by Gasteiger charge is -2.08. The predicted molar refractivity (Wildman–Crippen MR) is 35.2 cm³/mol. The summed E-state index contributed by atoms with van der Waals surface area (Å²) in [5.74, 6) is 0. The van der Waals surface area contributed by atoms with Gasteiger partial charge in [-0.25, -0.2) is 4.39 Å². The maximum absolute atomic E-state index is 12.7. The average molecular weight is 132 g/mol. The Balaban J connectivity index is 2.38. The van der Waals surface area contributed by atoms with Crippen LogP contribution in [0.15, 0.2) is 0 Å². The zero-order valence-electron chi connectivity index (χ0n) is 5.89. The van der Waals surface area contributed by atoms with E-state index in [4.69, 9.17) is 0 Å². The van der Waals surface area contributed by atoms with Crippen LogP contribution in [0.2, 0.25) is 0 Å². The minimum Gasteiger partial charge on any atom is -0.313 e. The fourth-order valence-electron chi connectivity index (χ4n) is 1.22. The minimum absolute atomic E-state index is 0.0509. The normalized spacial score (nSPS) is 37.7. The lowest BCUT2D eigenvalue weighted by atomic mass is 10.2. The average Bonchev–Trinajstić information content (AvgIpc) is 2.10.